The van der Waals surface area contributed by atoms with Crippen molar-refractivity contribution in [2.75, 3.05) is 6.54 Å². The van der Waals surface area contributed by atoms with Gasteiger partial charge in [-0.25, -0.2) is 4.79 Å². The number of carbonyl (C=O) groups is 1. The van der Waals surface area contributed by atoms with Crippen molar-refractivity contribution in [1.29, 1.82) is 0 Å². The molecule has 0 bridgehead atoms. The third kappa shape index (κ3) is 4.15. The van der Waals surface area contributed by atoms with E-state index in [2.05, 4.69) is 9.73 Å². The monoisotopic (exact) mass is 290 g/mol. The van der Waals surface area contributed by atoms with E-state index >= 15 is 0 Å². The maximum absolute atomic E-state index is 11.7. The highest BCUT2D eigenvalue weighted by atomic mass is 16.4. The molecule has 0 aliphatic rings. The van der Waals surface area contributed by atoms with E-state index in [1.807, 2.05) is 0 Å². The summed E-state index contributed by atoms with van der Waals surface area (Å²) in [6.07, 6.45) is 1.69. The fourth-order valence-electron chi connectivity index (χ4n) is 1.70. The molecule has 0 aromatic carbocycles. The molecule has 2 aromatic rings. The van der Waals surface area contributed by atoms with Gasteiger partial charge in [0.1, 0.15) is 6.26 Å². The number of carbonyl (C=O) groups excluding carboxylic acids is 1. The van der Waals surface area contributed by atoms with Gasteiger partial charge in [0.05, 0.1) is 18.2 Å². The number of aromatic nitrogens is 1. The van der Waals surface area contributed by atoms with Crippen LogP contribution in [-0.2, 0) is 6.54 Å². The summed E-state index contributed by atoms with van der Waals surface area (Å²) in [7, 11) is 0. The first-order chi connectivity index (χ1) is 10.1. The molecule has 21 heavy (non-hydrogen) atoms. The van der Waals surface area contributed by atoms with E-state index < -0.39 is 17.6 Å². The molecule has 0 saturated carbocycles. The van der Waals surface area contributed by atoms with Crippen LogP contribution in [0.4, 0.5) is 0 Å². The standard InChI is InChI=1S/C14H14N2O5/c17-11(8-16-6-2-1-3-12(16)18)7-15-14(20)10-4-5-13(19)21-9-10/h1-6,9,11,17H,7-8H2,(H,15,20). The van der Waals surface area contributed by atoms with Crippen LogP contribution in [-0.4, -0.2) is 28.2 Å². The number of rotatable bonds is 5. The summed E-state index contributed by atoms with van der Waals surface area (Å²) < 4.78 is 5.92. The summed E-state index contributed by atoms with van der Waals surface area (Å²) in [5.41, 5.74) is -0.596. The Balaban J connectivity index is 1.89. The summed E-state index contributed by atoms with van der Waals surface area (Å²) >= 11 is 0. The summed E-state index contributed by atoms with van der Waals surface area (Å²) in [5, 5.41) is 12.3. The van der Waals surface area contributed by atoms with Crippen molar-refractivity contribution in [1.82, 2.24) is 9.88 Å². The second kappa shape index (κ2) is 6.67. The molecule has 1 unspecified atom stereocenters. The average Bonchev–Trinajstić information content (AvgIpc) is 2.48. The van der Waals surface area contributed by atoms with Crippen molar-refractivity contribution in [3.63, 3.8) is 0 Å². The first kappa shape index (κ1) is 14.7. The number of hydrogen-bond acceptors (Lipinski definition) is 5. The lowest BCUT2D eigenvalue weighted by atomic mass is 10.2. The predicted octanol–water partition coefficient (Wildman–Crippen LogP) is -0.408. The maximum Gasteiger partial charge on any atom is 0.335 e. The Bertz CT molecular complexity index is 714. The third-order valence-corrected chi connectivity index (χ3v) is 2.77. The average molecular weight is 290 g/mol. The molecule has 110 valence electrons. The van der Waals surface area contributed by atoms with Gasteiger partial charge in [0.2, 0.25) is 0 Å². The normalized spacial score (nSPS) is 11.9. The minimum absolute atomic E-state index is 0.0285. The van der Waals surface area contributed by atoms with Crippen molar-refractivity contribution in [3.8, 4) is 0 Å². The van der Waals surface area contributed by atoms with Crippen molar-refractivity contribution >= 4 is 5.91 Å². The minimum atomic E-state index is -0.912. The lowest BCUT2D eigenvalue weighted by Gasteiger charge is -2.13. The van der Waals surface area contributed by atoms with E-state index in [4.69, 9.17) is 0 Å². The molecule has 1 atom stereocenters. The Hall–Kier alpha value is -2.67. The molecule has 0 saturated heterocycles. The predicted molar refractivity (Wildman–Crippen MR) is 74.0 cm³/mol. The third-order valence-electron chi connectivity index (χ3n) is 2.77. The van der Waals surface area contributed by atoms with Crippen LogP contribution >= 0.6 is 0 Å². The fraction of sp³-hybridized carbons (Fsp3) is 0.214. The number of nitrogens with zero attached hydrogens (tertiary/aromatic N) is 1. The topological polar surface area (TPSA) is 102 Å². The van der Waals surface area contributed by atoms with Crippen LogP contribution in [0.2, 0.25) is 0 Å². The molecular formula is C14H14N2O5. The van der Waals surface area contributed by atoms with Crippen molar-refractivity contribution in [3.05, 3.63) is 69.1 Å². The van der Waals surface area contributed by atoms with Crippen molar-refractivity contribution in [2.45, 2.75) is 12.6 Å². The number of aliphatic hydroxyl groups is 1. The summed E-state index contributed by atoms with van der Waals surface area (Å²) in [6, 6.07) is 7.14. The van der Waals surface area contributed by atoms with Gasteiger partial charge in [-0.05, 0) is 12.1 Å². The Morgan fingerprint density at radius 3 is 2.76 bits per heavy atom. The van der Waals surface area contributed by atoms with E-state index in [0.29, 0.717) is 0 Å². The molecule has 1 amide bonds. The molecular weight excluding hydrogens is 276 g/mol. The Morgan fingerprint density at radius 1 is 1.29 bits per heavy atom. The number of aliphatic hydroxyl groups excluding tert-OH is 1. The maximum atomic E-state index is 11.7. The van der Waals surface area contributed by atoms with Crippen LogP contribution < -0.4 is 16.5 Å². The molecule has 2 rings (SSSR count). The van der Waals surface area contributed by atoms with Gasteiger partial charge >= 0.3 is 5.63 Å². The quantitative estimate of drug-likeness (QED) is 0.779. The van der Waals surface area contributed by atoms with Gasteiger partial charge in [0.15, 0.2) is 0 Å². The highest BCUT2D eigenvalue weighted by Gasteiger charge is 2.10. The summed E-state index contributed by atoms with van der Waals surface area (Å²) in [6.45, 7) is 0.0448. The van der Waals surface area contributed by atoms with E-state index in [9.17, 15) is 19.5 Å². The Morgan fingerprint density at radius 2 is 2.10 bits per heavy atom. The second-order valence-electron chi connectivity index (χ2n) is 4.40. The van der Waals surface area contributed by atoms with Gasteiger partial charge < -0.3 is 19.4 Å². The van der Waals surface area contributed by atoms with Crippen LogP contribution in [0.1, 0.15) is 10.4 Å². The molecule has 0 radical (unpaired) electrons. The number of hydrogen-bond donors (Lipinski definition) is 2. The van der Waals surface area contributed by atoms with Crippen molar-refractivity contribution < 1.29 is 14.3 Å². The van der Waals surface area contributed by atoms with Gasteiger partial charge in [0, 0.05) is 24.9 Å². The van der Waals surface area contributed by atoms with E-state index in [1.54, 1.807) is 18.3 Å². The van der Waals surface area contributed by atoms with E-state index in [0.717, 1.165) is 12.3 Å². The van der Waals surface area contributed by atoms with Crippen LogP contribution in [0.15, 0.2) is 56.8 Å². The Labute approximate surface area is 119 Å². The highest BCUT2D eigenvalue weighted by Crippen LogP contribution is 1.95. The lowest BCUT2D eigenvalue weighted by molar-refractivity contribution is 0.0901. The molecule has 0 fully saturated rings. The van der Waals surface area contributed by atoms with Gasteiger partial charge in [0.25, 0.3) is 11.5 Å². The second-order valence-corrected chi connectivity index (χ2v) is 4.40. The van der Waals surface area contributed by atoms with E-state index in [1.165, 1.54) is 16.7 Å². The molecule has 2 heterocycles. The van der Waals surface area contributed by atoms with Gasteiger partial charge in [-0.2, -0.15) is 0 Å². The summed E-state index contributed by atoms with van der Waals surface area (Å²) in [4.78, 5) is 34.0. The fourth-order valence-corrected chi connectivity index (χ4v) is 1.70. The zero-order chi connectivity index (χ0) is 15.2. The molecule has 2 N–H and O–H groups in total. The zero-order valence-electron chi connectivity index (χ0n) is 11.1. The van der Waals surface area contributed by atoms with Crippen LogP contribution in [0.5, 0.6) is 0 Å². The molecule has 0 aliphatic heterocycles. The first-order valence-corrected chi connectivity index (χ1v) is 6.27. The van der Waals surface area contributed by atoms with Crippen molar-refractivity contribution in [2.24, 2.45) is 0 Å². The zero-order valence-corrected chi connectivity index (χ0v) is 11.1. The van der Waals surface area contributed by atoms with E-state index in [-0.39, 0.29) is 24.2 Å². The molecule has 7 heteroatoms. The molecule has 2 aromatic heterocycles. The molecule has 0 spiro atoms. The highest BCUT2D eigenvalue weighted by molar-refractivity contribution is 5.93. The molecule has 0 aliphatic carbocycles. The lowest BCUT2D eigenvalue weighted by Crippen LogP contribution is -2.36. The van der Waals surface area contributed by atoms with Gasteiger partial charge in [-0.15, -0.1) is 0 Å². The SMILES string of the molecule is O=C(NCC(O)Cn1ccccc1=O)c1ccc(=O)oc1. The molecule has 7 nitrogen and oxygen atoms in total. The number of amides is 1. The summed E-state index contributed by atoms with van der Waals surface area (Å²) in [5.74, 6) is -0.474. The van der Waals surface area contributed by atoms with Crippen LogP contribution in [0.25, 0.3) is 0 Å². The first-order valence-electron chi connectivity index (χ1n) is 6.27. The number of pyridine rings is 1. The van der Waals surface area contributed by atoms with Gasteiger partial charge in [-0.3, -0.25) is 9.59 Å². The van der Waals surface area contributed by atoms with Crippen LogP contribution in [0, 0.1) is 0 Å². The smallest absolute Gasteiger partial charge is 0.335 e. The Kier molecular flexibility index (Phi) is 4.68. The largest absolute Gasteiger partial charge is 0.430 e. The van der Waals surface area contributed by atoms with Gasteiger partial charge in [-0.1, -0.05) is 6.07 Å². The van der Waals surface area contributed by atoms with Crippen LogP contribution in [0.3, 0.4) is 0 Å². The number of nitrogens with one attached hydrogen (secondary N) is 1. The minimum Gasteiger partial charge on any atom is -0.430 e.